The monoisotopic (exact) mass is 314 g/mol. The molecule has 21 heavy (non-hydrogen) atoms. The van der Waals surface area contributed by atoms with Crippen molar-refractivity contribution in [2.45, 2.75) is 25.8 Å². The average Bonchev–Trinajstić information content (AvgIpc) is 2.87. The summed E-state index contributed by atoms with van der Waals surface area (Å²) in [7, 11) is 1.85. The molecule has 1 aromatic heterocycles. The van der Waals surface area contributed by atoms with Crippen LogP contribution < -0.4 is 5.32 Å². The lowest BCUT2D eigenvalue weighted by Crippen LogP contribution is -2.41. The molecular formula is C13H19ClN4O3. The van der Waals surface area contributed by atoms with Crippen LogP contribution in [-0.2, 0) is 0 Å². The molecule has 2 rings (SSSR count). The van der Waals surface area contributed by atoms with E-state index in [1.165, 1.54) is 12.3 Å². The van der Waals surface area contributed by atoms with Crippen LogP contribution >= 0.6 is 12.4 Å². The number of hydrogen-bond acceptors (Lipinski definition) is 5. The van der Waals surface area contributed by atoms with E-state index in [9.17, 15) is 14.9 Å². The zero-order valence-electron chi connectivity index (χ0n) is 12.0. The normalized spacial score (nSPS) is 17.4. The number of nitrogens with zero attached hydrogens (tertiary/aromatic N) is 3. The molecule has 1 fully saturated rings. The first kappa shape index (κ1) is 17.3. The molecule has 116 valence electrons. The Hall–Kier alpha value is -1.73. The number of carbonyl (C=O) groups excluding carboxylic acids is 1. The molecule has 1 atom stereocenters. The number of likely N-dealkylation sites (N-methyl/N-ethyl adjacent to an activating group) is 1. The van der Waals surface area contributed by atoms with Gasteiger partial charge in [-0.3, -0.25) is 19.9 Å². The molecular weight excluding hydrogens is 296 g/mol. The molecule has 0 spiro atoms. The Morgan fingerprint density at radius 1 is 1.62 bits per heavy atom. The first-order valence-corrected chi connectivity index (χ1v) is 6.61. The van der Waals surface area contributed by atoms with Gasteiger partial charge in [-0.15, -0.1) is 12.4 Å². The summed E-state index contributed by atoms with van der Waals surface area (Å²) in [6.45, 7) is 3.11. The maximum atomic E-state index is 12.6. The highest BCUT2D eigenvalue weighted by Gasteiger charge is 2.30. The largest absolute Gasteiger partial charge is 0.334 e. The second-order valence-electron chi connectivity index (χ2n) is 4.94. The van der Waals surface area contributed by atoms with Crippen LogP contribution in [0.5, 0.6) is 0 Å². The van der Waals surface area contributed by atoms with Crippen LogP contribution in [0.1, 0.15) is 28.9 Å². The number of pyridine rings is 1. The fraction of sp³-hybridized carbons (Fsp3) is 0.538. The van der Waals surface area contributed by atoms with E-state index >= 15 is 0 Å². The Kier molecular flexibility index (Phi) is 6.04. The maximum absolute atomic E-state index is 12.6. The second-order valence-corrected chi connectivity index (χ2v) is 4.94. The van der Waals surface area contributed by atoms with E-state index in [0.717, 1.165) is 19.4 Å². The minimum atomic E-state index is -0.529. The fourth-order valence-electron chi connectivity index (χ4n) is 2.54. The van der Waals surface area contributed by atoms with Crippen molar-refractivity contribution in [2.75, 3.05) is 20.1 Å². The fourth-order valence-corrected chi connectivity index (χ4v) is 2.54. The highest BCUT2D eigenvalue weighted by molar-refractivity contribution is 5.96. The summed E-state index contributed by atoms with van der Waals surface area (Å²) < 4.78 is 0. The van der Waals surface area contributed by atoms with Crippen molar-refractivity contribution in [3.05, 3.63) is 33.6 Å². The standard InChI is InChI=1S/C13H18N4O3.ClH/c1-9-12(6-11(8-15-9)17(19)20)13(18)16-5-3-4-10(16)7-14-2;/h6,8,10,14H,3-5,7H2,1-2H3;1H. The SMILES string of the molecule is CNCC1CCCN1C(=O)c1cc([N+](=O)[O-])cnc1C.Cl. The number of carbonyl (C=O) groups is 1. The van der Waals surface area contributed by atoms with Crippen LogP contribution in [-0.4, -0.2) is 46.9 Å². The summed E-state index contributed by atoms with van der Waals surface area (Å²) in [6, 6.07) is 1.46. The van der Waals surface area contributed by atoms with Crippen LogP contribution in [0.3, 0.4) is 0 Å². The van der Waals surface area contributed by atoms with Gasteiger partial charge in [0.1, 0.15) is 6.20 Å². The quantitative estimate of drug-likeness (QED) is 0.672. The number of aromatic nitrogens is 1. The number of rotatable bonds is 4. The van der Waals surface area contributed by atoms with Gasteiger partial charge in [0.2, 0.25) is 0 Å². The van der Waals surface area contributed by atoms with Gasteiger partial charge in [-0.25, -0.2) is 0 Å². The number of hydrogen-bond donors (Lipinski definition) is 1. The molecule has 1 unspecified atom stereocenters. The topological polar surface area (TPSA) is 88.4 Å². The van der Waals surface area contributed by atoms with Gasteiger partial charge >= 0.3 is 0 Å². The van der Waals surface area contributed by atoms with Gasteiger partial charge in [-0.2, -0.15) is 0 Å². The van der Waals surface area contributed by atoms with Gasteiger partial charge in [0.05, 0.1) is 16.2 Å². The Bertz CT molecular complexity index is 538. The molecule has 0 saturated carbocycles. The molecule has 1 saturated heterocycles. The predicted molar refractivity (Wildman–Crippen MR) is 80.9 cm³/mol. The van der Waals surface area contributed by atoms with Crippen LogP contribution in [0.15, 0.2) is 12.3 Å². The van der Waals surface area contributed by atoms with Gasteiger partial charge in [0, 0.05) is 25.2 Å². The van der Waals surface area contributed by atoms with E-state index in [-0.39, 0.29) is 30.0 Å². The molecule has 0 radical (unpaired) electrons. The molecule has 7 nitrogen and oxygen atoms in total. The van der Waals surface area contributed by atoms with Crippen molar-refractivity contribution >= 4 is 24.0 Å². The maximum Gasteiger partial charge on any atom is 0.288 e. The van der Waals surface area contributed by atoms with Crippen LogP contribution in [0.25, 0.3) is 0 Å². The molecule has 1 aliphatic heterocycles. The van der Waals surface area contributed by atoms with Crippen molar-refractivity contribution in [3.8, 4) is 0 Å². The lowest BCUT2D eigenvalue weighted by atomic mass is 10.1. The summed E-state index contributed by atoms with van der Waals surface area (Å²) in [5, 5.41) is 13.9. The molecule has 1 aliphatic rings. The number of likely N-dealkylation sites (tertiary alicyclic amines) is 1. The van der Waals surface area contributed by atoms with E-state index in [2.05, 4.69) is 10.3 Å². The minimum absolute atomic E-state index is 0. The van der Waals surface area contributed by atoms with Crippen molar-refractivity contribution in [1.29, 1.82) is 0 Å². The minimum Gasteiger partial charge on any atom is -0.334 e. The van der Waals surface area contributed by atoms with Crippen molar-refractivity contribution < 1.29 is 9.72 Å². The third-order valence-electron chi connectivity index (χ3n) is 3.59. The van der Waals surface area contributed by atoms with Crippen molar-refractivity contribution in [1.82, 2.24) is 15.2 Å². The second kappa shape index (κ2) is 7.33. The Balaban J connectivity index is 0.00000220. The molecule has 1 N–H and O–H groups in total. The lowest BCUT2D eigenvalue weighted by molar-refractivity contribution is -0.385. The predicted octanol–water partition coefficient (Wildman–Crippen LogP) is 1.54. The molecule has 1 aromatic rings. The van der Waals surface area contributed by atoms with E-state index < -0.39 is 4.92 Å². The Morgan fingerprint density at radius 3 is 2.95 bits per heavy atom. The van der Waals surface area contributed by atoms with E-state index in [1.54, 1.807) is 11.8 Å². The molecule has 8 heteroatoms. The number of aryl methyl sites for hydroxylation is 1. The summed E-state index contributed by atoms with van der Waals surface area (Å²) in [5.41, 5.74) is 0.696. The number of amides is 1. The average molecular weight is 315 g/mol. The zero-order valence-corrected chi connectivity index (χ0v) is 12.9. The van der Waals surface area contributed by atoms with Crippen LogP contribution in [0.2, 0.25) is 0 Å². The van der Waals surface area contributed by atoms with Crippen molar-refractivity contribution in [2.24, 2.45) is 0 Å². The van der Waals surface area contributed by atoms with Gasteiger partial charge in [0.25, 0.3) is 11.6 Å². The third kappa shape index (κ3) is 3.68. The van der Waals surface area contributed by atoms with Crippen LogP contribution in [0.4, 0.5) is 5.69 Å². The zero-order chi connectivity index (χ0) is 14.7. The van der Waals surface area contributed by atoms with E-state index in [1.807, 2.05) is 7.05 Å². The summed E-state index contributed by atoms with van der Waals surface area (Å²) >= 11 is 0. The Labute approximate surface area is 129 Å². The van der Waals surface area contributed by atoms with Gasteiger partial charge in [-0.05, 0) is 26.8 Å². The summed E-state index contributed by atoms with van der Waals surface area (Å²) in [5.74, 6) is -0.170. The Morgan fingerprint density at radius 2 is 2.33 bits per heavy atom. The number of halogens is 1. The number of nitro groups is 1. The molecule has 0 aliphatic carbocycles. The summed E-state index contributed by atoms with van der Waals surface area (Å²) in [6.07, 6.45) is 3.09. The smallest absolute Gasteiger partial charge is 0.288 e. The third-order valence-corrected chi connectivity index (χ3v) is 3.59. The van der Waals surface area contributed by atoms with Crippen LogP contribution in [0, 0.1) is 17.0 Å². The molecule has 1 amide bonds. The van der Waals surface area contributed by atoms with Gasteiger partial charge in [-0.1, -0.05) is 0 Å². The molecule has 0 bridgehead atoms. The summed E-state index contributed by atoms with van der Waals surface area (Å²) in [4.78, 5) is 28.6. The highest BCUT2D eigenvalue weighted by atomic mass is 35.5. The lowest BCUT2D eigenvalue weighted by Gasteiger charge is -2.25. The number of nitrogens with one attached hydrogen (secondary N) is 1. The van der Waals surface area contributed by atoms with Crippen molar-refractivity contribution in [3.63, 3.8) is 0 Å². The van der Waals surface area contributed by atoms with Gasteiger partial charge in [0.15, 0.2) is 0 Å². The van der Waals surface area contributed by atoms with E-state index in [0.29, 0.717) is 17.8 Å². The highest BCUT2D eigenvalue weighted by Crippen LogP contribution is 2.22. The molecule has 0 aromatic carbocycles. The first-order valence-electron chi connectivity index (χ1n) is 6.61. The first-order chi connectivity index (χ1) is 9.54. The van der Waals surface area contributed by atoms with E-state index in [4.69, 9.17) is 0 Å². The molecule has 2 heterocycles. The van der Waals surface area contributed by atoms with Gasteiger partial charge < -0.3 is 10.2 Å².